The number of thioether (sulfide) groups is 1. The summed E-state index contributed by atoms with van der Waals surface area (Å²) in [4.78, 5) is 30.0. The first-order valence-electron chi connectivity index (χ1n) is 9.22. The van der Waals surface area contributed by atoms with Crippen LogP contribution >= 0.6 is 23.4 Å². The Morgan fingerprint density at radius 1 is 1.21 bits per heavy atom. The van der Waals surface area contributed by atoms with Crippen LogP contribution in [0.1, 0.15) is 30.0 Å². The van der Waals surface area contributed by atoms with Crippen molar-refractivity contribution in [3.8, 4) is 0 Å². The molecule has 0 aliphatic carbocycles. The average Bonchev–Trinajstić information content (AvgIpc) is 2.99. The summed E-state index contributed by atoms with van der Waals surface area (Å²) in [6.45, 7) is 3.85. The zero-order chi connectivity index (χ0) is 21.0. The second kappa shape index (κ2) is 9.33. The van der Waals surface area contributed by atoms with Gasteiger partial charge in [0.05, 0.1) is 28.0 Å². The van der Waals surface area contributed by atoms with Gasteiger partial charge in [-0.2, -0.15) is 11.8 Å². The lowest BCUT2D eigenvalue weighted by atomic mass is 10.1. The van der Waals surface area contributed by atoms with Crippen molar-refractivity contribution in [2.75, 3.05) is 11.6 Å². The smallest absolute Gasteiger partial charge is 0.253 e. The van der Waals surface area contributed by atoms with Gasteiger partial charge in [0.15, 0.2) is 0 Å². The molecular weight excluding hydrogens is 408 g/mol. The number of nitrogens with zero attached hydrogens (tertiary/aromatic N) is 2. The van der Waals surface area contributed by atoms with Gasteiger partial charge in [0.1, 0.15) is 12.4 Å². The molecule has 2 amide bonds. The maximum atomic E-state index is 12.8. The molecule has 3 aromatic rings. The van der Waals surface area contributed by atoms with Crippen molar-refractivity contribution in [3.63, 3.8) is 0 Å². The second-order valence-corrected chi connectivity index (χ2v) is 8.20. The number of hydrogen-bond acceptors (Lipinski definition) is 4. The number of anilines is 1. The summed E-state index contributed by atoms with van der Waals surface area (Å²) < 4.78 is 1.90. The number of rotatable bonds is 7. The highest BCUT2D eigenvalue weighted by molar-refractivity contribution is 7.97. The van der Waals surface area contributed by atoms with Crippen molar-refractivity contribution >= 4 is 51.9 Å². The van der Waals surface area contributed by atoms with Gasteiger partial charge in [-0.05, 0) is 50.4 Å². The van der Waals surface area contributed by atoms with E-state index in [4.69, 9.17) is 11.6 Å². The Hall–Kier alpha value is -2.51. The van der Waals surface area contributed by atoms with E-state index in [1.807, 2.05) is 48.9 Å². The summed E-state index contributed by atoms with van der Waals surface area (Å²) in [6.07, 6.45) is 2.00. The van der Waals surface area contributed by atoms with Crippen molar-refractivity contribution < 1.29 is 9.59 Å². The van der Waals surface area contributed by atoms with Gasteiger partial charge in [0, 0.05) is 11.1 Å². The monoisotopic (exact) mass is 430 g/mol. The van der Waals surface area contributed by atoms with E-state index in [2.05, 4.69) is 15.6 Å². The summed E-state index contributed by atoms with van der Waals surface area (Å²) in [5, 5.41) is 6.12. The zero-order valence-electron chi connectivity index (χ0n) is 16.5. The van der Waals surface area contributed by atoms with Crippen molar-refractivity contribution in [1.82, 2.24) is 14.9 Å². The Morgan fingerprint density at radius 3 is 2.69 bits per heavy atom. The van der Waals surface area contributed by atoms with Gasteiger partial charge in [0.25, 0.3) is 5.91 Å². The molecule has 0 spiro atoms. The minimum absolute atomic E-state index is 0.0202. The number of amides is 2. The Balaban J connectivity index is 1.87. The van der Waals surface area contributed by atoms with Crippen LogP contribution in [0.2, 0.25) is 5.02 Å². The number of hydrogen-bond donors (Lipinski definition) is 2. The first-order valence-corrected chi connectivity index (χ1v) is 11.0. The number of nitrogens with one attached hydrogen (secondary N) is 2. The molecule has 6 nitrogen and oxygen atoms in total. The largest absolute Gasteiger partial charge is 0.350 e. The summed E-state index contributed by atoms with van der Waals surface area (Å²) >= 11 is 7.74. The molecule has 0 atom stereocenters. The number of para-hydroxylation sites is 2. The van der Waals surface area contributed by atoms with E-state index in [0.717, 1.165) is 16.9 Å². The van der Waals surface area contributed by atoms with Crippen molar-refractivity contribution in [2.45, 2.75) is 32.2 Å². The number of fused-ring (bicyclic) bond motifs is 1. The standard InChI is InChI=1S/C21H23ClN4O2S/c1-13(2)23-21(28)15-9-8-14(22)10-17(15)25-20(27)11-26-18-7-5-4-6-16(18)24-19(26)12-29-3/h4-10,13H,11-12H2,1-3H3,(H,23,28)(H,25,27). The van der Waals surface area contributed by atoms with Crippen LogP contribution in [0.4, 0.5) is 5.69 Å². The zero-order valence-corrected chi connectivity index (χ0v) is 18.1. The van der Waals surface area contributed by atoms with E-state index in [-0.39, 0.29) is 24.4 Å². The number of aromatic nitrogens is 2. The van der Waals surface area contributed by atoms with Crippen LogP contribution < -0.4 is 10.6 Å². The van der Waals surface area contributed by atoms with Gasteiger partial charge in [0.2, 0.25) is 5.91 Å². The fourth-order valence-electron chi connectivity index (χ4n) is 3.03. The highest BCUT2D eigenvalue weighted by Gasteiger charge is 2.17. The summed E-state index contributed by atoms with van der Waals surface area (Å²) in [6, 6.07) is 12.5. The molecule has 0 fully saturated rings. The van der Waals surface area contributed by atoms with Crippen LogP contribution in [0.5, 0.6) is 0 Å². The van der Waals surface area contributed by atoms with Crippen molar-refractivity contribution in [3.05, 3.63) is 58.9 Å². The maximum absolute atomic E-state index is 12.8. The van der Waals surface area contributed by atoms with Gasteiger partial charge in [-0.1, -0.05) is 23.7 Å². The molecule has 2 aromatic carbocycles. The predicted octanol–water partition coefficient (Wildman–Crippen LogP) is 4.33. The van der Waals surface area contributed by atoms with Crippen LogP contribution in [0.15, 0.2) is 42.5 Å². The quantitative estimate of drug-likeness (QED) is 0.585. The predicted molar refractivity (Wildman–Crippen MR) is 120 cm³/mol. The van der Waals surface area contributed by atoms with Crippen LogP contribution in [-0.4, -0.2) is 33.7 Å². The molecule has 0 aliphatic rings. The number of carbonyl (C=O) groups is 2. The van der Waals surface area contributed by atoms with Crippen LogP contribution in [-0.2, 0) is 17.1 Å². The van der Waals surface area contributed by atoms with E-state index in [9.17, 15) is 9.59 Å². The summed E-state index contributed by atoms with van der Waals surface area (Å²) in [7, 11) is 0. The van der Waals surface area contributed by atoms with Crippen molar-refractivity contribution in [2.24, 2.45) is 0 Å². The van der Waals surface area contributed by atoms with E-state index in [1.165, 1.54) is 0 Å². The second-order valence-electron chi connectivity index (χ2n) is 6.90. The molecule has 3 rings (SSSR count). The SMILES string of the molecule is CSCc1nc2ccccc2n1CC(=O)Nc1cc(Cl)ccc1C(=O)NC(C)C. The molecule has 0 saturated heterocycles. The minimum atomic E-state index is -0.261. The third kappa shape index (κ3) is 5.10. The fourth-order valence-corrected chi connectivity index (χ4v) is 3.68. The molecule has 0 aliphatic heterocycles. The van der Waals surface area contributed by atoms with E-state index in [0.29, 0.717) is 22.0 Å². The number of benzene rings is 2. The Bertz CT molecular complexity index is 1050. The Labute approximate surface area is 179 Å². The van der Waals surface area contributed by atoms with E-state index < -0.39 is 0 Å². The van der Waals surface area contributed by atoms with E-state index in [1.54, 1.807) is 30.0 Å². The van der Waals surface area contributed by atoms with Gasteiger partial charge >= 0.3 is 0 Å². The van der Waals surface area contributed by atoms with Crippen LogP contribution in [0, 0.1) is 0 Å². The normalized spacial score (nSPS) is 11.1. The van der Waals surface area contributed by atoms with Gasteiger partial charge in [-0.3, -0.25) is 9.59 Å². The number of halogens is 1. The lowest BCUT2D eigenvalue weighted by molar-refractivity contribution is -0.116. The molecule has 152 valence electrons. The van der Waals surface area contributed by atoms with E-state index >= 15 is 0 Å². The first kappa shape index (κ1) is 21.2. The summed E-state index contributed by atoms with van der Waals surface area (Å²) in [5.41, 5.74) is 2.51. The number of imidazole rings is 1. The minimum Gasteiger partial charge on any atom is -0.350 e. The Kier molecular flexibility index (Phi) is 6.82. The third-order valence-electron chi connectivity index (χ3n) is 4.23. The van der Waals surface area contributed by atoms with Gasteiger partial charge in [-0.15, -0.1) is 0 Å². The van der Waals surface area contributed by atoms with Gasteiger partial charge < -0.3 is 15.2 Å². The molecule has 2 N–H and O–H groups in total. The van der Waals surface area contributed by atoms with Crippen LogP contribution in [0.3, 0.4) is 0 Å². The number of carbonyl (C=O) groups excluding carboxylic acids is 2. The maximum Gasteiger partial charge on any atom is 0.253 e. The molecule has 0 saturated carbocycles. The lowest BCUT2D eigenvalue weighted by Gasteiger charge is -2.14. The highest BCUT2D eigenvalue weighted by atomic mass is 35.5. The molecule has 1 heterocycles. The molecule has 29 heavy (non-hydrogen) atoms. The molecule has 0 unspecified atom stereocenters. The third-order valence-corrected chi connectivity index (χ3v) is 5.01. The van der Waals surface area contributed by atoms with Crippen molar-refractivity contribution in [1.29, 1.82) is 0 Å². The van der Waals surface area contributed by atoms with Crippen LogP contribution in [0.25, 0.3) is 11.0 Å². The highest BCUT2D eigenvalue weighted by Crippen LogP contribution is 2.23. The summed E-state index contributed by atoms with van der Waals surface area (Å²) in [5.74, 6) is 1.01. The molecular formula is C21H23ClN4O2S. The Morgan fingerprint density at radius 2 is 1.97 bits per heavy atom. The molecule has 8 heteroatoms. The average molecular weight is 431 g/mol. The van der Waals surface area contributed by atoms with Gasteiger partial charge in [-0.25, -0.2) is 4.98 Å². The fraction of sp³-hybridized carbons (Fsp3) is 0.286. The molecule has 0 bridgehead atoms. The topological polar surface area (TPSA) is 76.0 Å². The first-order chi connectivity index (χ1) is 13.9. The molecule has 0 radical (unpaired) electrons. The lowest BCUT2D eigenvalue weighted by Crippen LogP contribution is -2.31. The molecule has 1 aromatic heterocycles.